The predicted molar refractivity (Wildman–Crippen MR) is 114 cm³/mol. The molecular formula is C23H23NO5S. The van der Waals surface area contributed by atoms with Crippen LogP contribution in [-0.2, 0) is 21.1 Å². The number of rotatable bonds is 7. The van der Waals surface area contributed by atoms with Gasteiger partial charge in [0.1, 0.15) is 5.75 Å². The molecule has 3 aromatic carbocycles. The minimum Gasteiger partial charge on any atom is -0.497 e. The molecule has 0 fully saturated rings. The molecule has 1 atom stereocenters. The molecule has 156 valence electrons. The third-order valence-electron chi connectivity index (χ3n) is 5.17. The number of methoxy groups -OCH3 is 1. The molecule has 30 heavy (non-hydrogen) atoms. The zero-order valence-electron chi connectivity index (χ0n) is 16.7. The zero-order valence-corrected chi connectivity index (χ0v) is 17.5. The van der Waals surface area contributed by atoms with E-state index in [-0.39, 0.29) is 11.3 Å². The average Bonchev–Trinajstić information content (AvgIpc) is 2.79. The van der Waals surface area contributed by atoms with E-state index < -0.39 is 20.5 Å². The Morgan fingerprint density at radius 1 is 0.967 bits per heavy atom. The van der Waals surface area contributed by atoms with Crippen molar-refractivity contribution in [3.8, 4) is 16.9 Å². The van der Waals surface area contributed by atoms with Gasteiger partial charge in [-0.15, -0.1) is 0 Å². The first-order valence-corrected chi connectivity index (χ1v) is 10.8. The summed E-state index contributed by atoms with van der Waals surface area (Å²) in [5.41, 5.74) is 3.94. The molecule has 0 aliphatic rings. The SMILES string of the molecule is COc1ccc(S(=O)(=O)C(C)(Cc2ccccc2-c2ccccc2)C(=O)NO)cc1. The number of carbonyl (C=O) groups is 1. The maximum Gasteiger partial charge on any atom is 0.265 e. The van der Waals surface area contributed by atoms with Crippen molar-refractivity contribution in [2.75, 3.05) is 7.11 Å². The first-order valence-electron chi connectivity index (χ1n) is 9.30. The second-order valence-corrected chi connectivity index (χ2v) is 9.43. The topological polar surface area (TPSA) is 92.7 Å². The Morgan fingerprint density at radius 2 is 1.57 bits per heavy atom. The van der Waals surface area contributed by atoms with Gasteiger partial charge in [0.05, 0.1) is 12.0 Å². The smallest absolute Gasteiger partial charge is 0.265 e. The normalized spacial score (nSPS) is 13.3. The van der Waals surface area contributed by atoms with E-state index in [1.165, 1.54) is 38.3 Å². The van der Waals surface area contributed by atoms with Gasteiger partial charge >= 0.3 is 0 Å². The average molecular weight is 426 g/mol. The largest absolute Gasteiger partial charge is 0.497 e. The first-order chi connectivity index (χ1) is 14.3. The first kappa shape index (κ1) is 21.5. The number of hydrogen-bond acceptors (Lipinski definition) is 5. The molecule has 0 radical (unpaired) electrons. The summed E-state index contributed by atoms with van der Waals surface area (Å²) in [5, 5.41) is 9.34. The van der Waals surface area contributed by atoms with Crippen molar-refractivity contribution < 1.29 is 23.2 Å². The van der Waals surface area contributed by atoms with E-state index >= 15 is 0 Å². The maximum absolute atomic E-state index is 13.5. The number of ether oxygens (including phenoxy) is 1. The molecule has 0 aliphatic heterocycles. The van der Waals surface area contributed by atoms with Crippen molar-refractivity contribution in [2.24, 2.45) is 0 Å². The van der Waals surface area contributed by atoms with E-state index in [1.807, 2.05) is 42.5 Å². The monoisotopic (exact) mass is 425 g/mol. The molecule has 0 saturated heterocycles. The van der Waals surface area contributed by atoms with Crippen molar-refractivity contribution in [3.63, 3.8) is 0 Å². The lowest BCUT2D eigenvalue weighted by Crippen LogP contribution is -2.51. The van der Waals surface area contributed by atoms with E-state index in [0.29, 0.717) is 11.3 Å². The van der Waals surface area contributed by atoms with E-state index in [2.05, 4.69) is 0 Å². The summed E-state index contributed by atoms with van der Waals surface area (Å²) >= 11 is 0. The lowest BCUT2D eigenvalue weighted by Gasteiger charge is -2.28. The Labute approximate surface area is 176 Å². The van der Waals surface area contributed by atoms with Crippen LogP contribution in [0.5, 0.6) is 5.75 Å². The molecule has 0 saturated carbocycles. The van der Waals surface area contributed by atoms with Gasteiger partial charge in [-0.2, -0.15) is 0 Å². The van der Waals surface area contributed by atoms with Crippen molar-refractivity contribution in [1.82, 2.24) is 5.48 Å². The summed E-state index contributed by atoms with van der Waals surface area (Å²) in [7, 11) is -2.68. The summed E-state index contributed by atoms with van der Waals surface area (Å²) in [6, 6.07) is 22.6. The second-order valence-electron chi connectivity index (χ2n) is 7.05. The Balaban J connectivity index is 2.11. The van der Waals surface area contributed by atoms with Gasteiger partial charge in [-0.3, -0.25) is 10.0 Å². The highest BCUT2D eigenvalue weighted by molar-refractivity contribution is 7.93. The quantitative estimate of drug-likeness (QED) is 0.445. The fourth-order valence-electron chi connectivity index (χ4n) is 3.37. The molecule has 0 heterocycles. The Hall–Kier alpha value is -3.16. The number of hydroxylamine groups is 1. The van der Waals surface area contributed by atoms with Crippen LogP contribution in [0.4, 0.5) is 0 Å². The predicted octanol–water partition coefficient (Wildman–Crippen LogP) is 3.64. The van der Waals surface area contributed by atoms with Crippen molar-refractivity contribution in [2.45, 2.75) is 23.0 Å². The molecule has 2 N–H and O–H groups in total. The number of sulfone groups is 1. The standard InChI is InChI=1S/C23H23NO5S/c1-23(22(25)24-26,30(27,28)20-14-12-19(29-2)13-15-20)16-18-10-6-7-11-21(18)17-8-4-3-5-9-17/h3-15,26H,16H2,1-2H3,(H,24,25). The molecule has 0 bridgehead atoms. The van der Waals surface area contributed by atoms with E-state index in [9.17, 15) is 18.4 Å². The number of hydrogen-bond donors (Lipinski definition) is 2. The van der Waals surface area contributed by atoms with Crippen LogP contribution in [-0.4, -0.2) is 31.4 Å². The maximum atomic E-state index is 13.5. The Bertz CT molecular complexity index is 1130. The van der Waals surface area contributed by atoms with Crippen LogP contribution in [0.2, 0.25) is 0 Å². The molecule has 1 amide bonds. The van der Waals surface area contributed by atoms with Crippen molar-refractivity contribution in [3.05, 3.63) is 84.4 Å². The number of nitrogens with one attached hydrogen (secondary N) is 1. The highest BCUT2D eigenvalue weighted by Crippen LogP contribution is 2.34. The number of benzene rings is 3. The fourth-order valence-corrected chi connectivity index (χ4v) is 5.02. The molecule has 6 nitrogen and oxygen atoms in total. The van der Waals surface area contributed by atoms with Crippen LogP contribution in [0.25, 0.3) is 11.1 Å². The summed E-state index contributed by atoms with van der Waals surface area (Å²) in [4.78, 5) is 12.6. The van der Waals surface area contributed by atoms with Crippen LogP contribution < -0.4 is 10.2 Å². The van der Waals surface area contributed by atoms with Gasteiger partial charge in [-0.05, 0) is 47.9 Å². The zero-order chi connectivity index (χ0) is 21.8. The Kier molecular flexibility index (Phi) is 6.24. The third kappa shape index (κ3) is 3.94. The molecule has 3 aromatic rings. The number of carbonyl (C=O) groups excluding carboxylic acids is 1. The third-order valence-corrected chi connectivity index (χ3v) is 7.58. The summed E-state index contributed by atoms with van der Waals surface area (Å²) < 4.78 is 30.1. The highest BCUT2D eigenvalue weighted by atomic mass is 32.2. The highest BCUT2D eigenvalue weighted by Gasteiger charge is 2.47. The van der Waals surface area contributed by atoms with E-state index in [1.54, 1.807) is 17.6 Å². The lowest BCUT2D eigenvalue weighted by atomic mass is 9.92. The Morgan fingerprint density at radius 3 is 2.17 bits per heavy atom. The molecule has 1 unspecified atom stereocenters. The summed E-state index contributed by atoms with van der Waals surface area (Å²) in [6.45, 7) is 1.32. The van der Waals surface area contributed by atoms with Gasteiger partial charge < -0.3 is 4.74 Å². The van der Waals surface area contributed by atoms with Crippen LogP contribution in [0.1, 0.15) is 12.5 Å². The van der Waals surface area contributed by atoms with Gasteiger partial charge in [0, 0.05) is 6.42 Å². The van der Waals surface area contributed by atoms with Crippen LogP contribution in [0.15, 0.2) is 83.8 Å². The molecular weight excluding hydrogens is 402 g/mol. The minimum atomic E-state index is -4.16. The minimum absolute atomic E-state index is 0.0356. The molecule has 0 aliphatic carbocycles. The van der Waals surface area contributed by atoms with Crippen LogP contribution >= 0.6 is 0 Å². The van der Waals surface area contributed by atoms with Crippen LogP contribution in [0.3, 0.4) is 0 Å². The molecule has 0 aromatic heterocycles. The second kappa shape index (κ2) is 8.69. The molecule has 7 heteroatoms. The summed E-state index contributed by atoms with van der Waals surface area (Å²) in [5.74, 6) is -0.502. The van der Waals surface area contributed by atoms with Gasteiger partial charge in [-0.25, -0.2) is 13.9 Å². The molecule has 3 rings (SSSR count). The lowest BCUT2D eigenvalue weighted by molar-refractivity contribution is -0.131. The van der Waals surface area contributed by atoms with E-state index in [0.717, 1.165) is 11.1 Å². The molecule has 0 spiro atoms. The van der Waals surface area contributed by atoms with Crippen LogP contribution in [0, 0.1) is 0 Å². The van der Waals surface area contributed by atoms with Gasteiger partial charge in [0.25, 0.3) is 5.91 Å². The summed E-state index contributed by atoms with van der Waals surface area (Å²) in [6.07, 6.45) is -0.126. The van der Waals surface area contributed by atoms with Gasteiger partial charge in [-0.1, -0.05) is 54.6 Å². The fraction of sp³-hybridized carbons (Fsp3) is 0.174. The van der Waals surface area contributed by atoms with Gasteiger partial charge in [0.15, 0.2) is 14.6 Å². The van der Waals surface area contributed by atoms with Gasteiger partial charge in [0.2, 0.25) is 0 Å². The van der Waals surface area contributed by atoms with E-state index in [4.69, 9.17) is 4.74 Å². The van der Waals surface area contributed by atoms with Crippen molar-refractivity contribution in [1.29, 1.82) is 0 Å². The number of amides is 1. The van der Waals surface area contributed by atoms with Crippen molar-refractivity contribution >= 4 is 15.7 Å².